The van der Waals surface area contributed by atoms with Crippen molar-refractivity contribution >= 4 is 0 Å². The minimum atomic E-state index is 0.259. The van der Waals surface area contributed by atoms with E-state index in [2.05, 4.69) is 30.5 Å². The van der Waals surface area contributed by atoms with Gasteiger partial charge in [-0.25, -0.2) is 0 Å². The van der Waals surface area contributed by atoms with Gasteiger partial charge in [0.25, 0.3) is 0 Å². The predicted molar refractivity (Wildman–Crippen MR) is 60.8 cm³/mol. The Hall–Kier alpha value is -0.870. The average Bonchev–Trinajstić information content (AvgIpc) is 2.72. The average molecular weight is 211 g/mol. The predicted octanol–water partition coefficient (Wildman–Crippen LogP) is 1.59. The highest BCUT2D eigenvalue weighted by molar-refractivity contribution is 5.10. The van der Waals surface area contributed by atoms with E-state index in [4.69, 9.17) is 4.74 Å². The van der Waals surface area contributed by atoms with Crippen molar-refractivity contribution in [2.24, 2.45) is 0 Å². The molecule has 0 aromatic carbocycles. The van der Waals surface area contributed by atoms with Crippen LogP contribution in [-0.4, -0.2) is 29.5 Å². The second kappa shape index (κ2) is 6.58. The Bertz CT molecular complexity index is 273. The summed E-state index contributed by atoms with van der Waals surface area (Å²) >= 11 is 0. The van der Waals surface area contributed by atoms with Crippen molar-refractivity contribution in [3.8, 4) is 0 Å². The third-order valence-electron chi connectivity index (χ3n) is 2.32. The van der Waals surface area contributed by atoms with Gasteiger partial charge in [0, 0.05) is 24.9 Å². The maximum atomic E-state index is 5.45. The van der Waals surface area contributed by atoms with Crippen molar-refractivity contribution < 1.29 is 4.74 Å². The Morgan fingerprint density at radius 1 is 1.47 bits per heavy atom. The minimum absolute atomic E-state index is 0.259. The number of hydrogen-bond donors (Lipinski definition) is 1. The molecule has 0 bridgehead atoms. The molecule has 1 N–H and O–H groups in total. The molecule has 15 heavy (non-hydrogen) atoms. The van der Waals surface area contributed by atoms with E-state index in [0.29, 0.717) is 6.61 Å². The van der Waals surface area contributed by atoms with Crippen LogP contribution in [0.3, 0.4) is 0 Å². The molecular formula is C11H21N3O. The number of aryl methyl sites for hydroxylation is 1. The fourth-order valence-corrected chi connectivity index (χ4v) is 1.49. The third kappa shape index (κ3) is 3.64. The van der Waals surface area contributed by atoms with E-state index in [1.165, 1.54) is 5.56 Å². The molecular weight excluding hydrogens is 190 g/mol. The zero-order valence-electron chi connectivity index (χ0n) is 9.86. The van der Waals surface area contributed by atoms with Crippen molar-refractivity contribution in [3.05, 3.63) is 18.0 Å². The highest BCUT2D eigenvalue weighted by atomic mass is 16.5. The molecule has 0 aliphatic carbocycles. The molecule has 1 heterocycles. The standard InChI is InChI=1S/C11H21N3O/c1-4-12-11(9-15-6-3)10-7-13-14(5-2)8-10/h7-8,11-12H,4-6,9H2,1-3H3. The maximum Gasteiger partial charge on any atom is 0.0662 e. The van der Waals surface area contributed by atoms with Crippen LogP contribution in [-0.2, 0) is 11.3 Å². The van der Waals surface area contributed by atoms with Gasteiger partial charge in [0.2, 0.25) is 0 Å². The molecule has 0 saturated carbocycles. The van der Waals surface area contributed by atoms with E-state index in [9.17, 15) is 0 Å². The Balaban J connectivity index is 2.60. The second-order valence-electron chi connectivity index (χ2n) is 3.40. The molecule has 0 saturated heterocycles. The molecule has 0 fully saturated rings. The summed E-state index contributed by atoms with van der Waals surface area (Å²) < 4.78 is 7.38. The lowest BCUT2D eigenvalue weighted by Crippen LogP contribution is -2.25. The number of likely N-dealkylation sites (N-methyl/N-ethyl adjacent to an activating group) is 1. The molecule has 1 aromatic heterocycles. The van der Waals surface area contributed by atoms with E-state index in [-0.39, 0.29) is 6.04 Å². The fraction of sp³-hybridized carbons (Fsp3) is 0.727. The SMILES string of the molecule is CCNC(COCC)c1cnn(CC)c1. The number of nitrogens with zero attached hydrogens (tertiary/aromatic N) is 2. The quantitative estimate of drug-likeness (QED) is 0.744. The molecule has 1 atom stereocenters. The van der Waals surface area contributed by atoms with Crippen LogP contribution in [0.15, 0.2) is 12.4 Å². The smallest absolute Gasteiger partial charge is 0.0662 e. The van der Waals surface area contributed by atoms with Crippen molar-refractivity contribution in [2.75, 3.05) is 19.8 Å². The fourth-order valence-electron chi connectivity index (χ4n) is 1.49. The van der Waals surface area contributed by atoms with E-state index >= 15 is 0 Å². The van der Waals surface area contributed by atoms with Crippen LogP contribution in [0.1, 0.15) is 32.4 Å². The van der Waals surface area contributed by atoms with Crippen molar-refractivity contribution in [1.29, 1.82) is 0 Å². The van der Waals surface area contributed by atoms with Crippen LogP contribution < -0.4 is 5.32 Å². The van der Waals surface area contributed by atoms with Crippen molar-refractivity contribution in [3.63, 3.8) is 0 Å². The van der Waals surface area contributed by atoms with Gasteiger partial charge in [-0.1, -0.05) is 6.92 Å². The molecule has 86 valence electrons. The third-order valence-corrected chi connectivity index (χ3v) is 2.32. The second-order valence-corrected chi connectivity index (χ2v) is 3.40. The normalized spacial score (nSPS) is 13.0. The molecule has 4 heteroatoms. The monoisotopic (exact) mass is 211 g/mol. The molecule has 0 aliphatic heterocycles. The summed E-state index contributed by atoms with van der Waals surface area (Å²) in [5, 5.41) is 7.66. The van der Waals surface area contributed by atoms with Gasteiger partial charge in [-0.05, 0) is 20.4 Å². The lowest BCUT2D eigenvalue weighted by molar-refractivity contribution is 0.123. The number of aromatic nitrogens is 2. The van der Waals surface area contributed by atoms with E-state index in [1.54, 1.807) is 0 Å². The summed E-state index contributed by atoms with van der Waals surface area (Å²) in [5.41, 5.74) is 1.20. The van der Waals surface area contributed by atoms with Crippen molar-refractivity contribution in [1.82, 2.24) is 15.1 Å². The molecule has 0 aliphatic rings. The summed E-state index contributed by atoms with van der Waals surface area (Å²) in [6, 6.07) is 0.259. The summed E-state index contributed by atoms with van der Waals surface area (Å²) in [6.45, 7) is 9.51. The van der Waals surface area contributed by atoms with Crippen molar-refractivity contribution in [2.45, 2.75) is 33.4 Å². The lowest BCUT2D eigenvalue weighted by atomic mass is 10.2. The molecule has 0 spiro atoms. The summed E-state index contributed by atoms with van der Waals surface area (Å²) in [4.78, 5) is 0. The highest BCUT2D eigenvalue weighted by Crippen LogP contribution is 2.12. The first kappa shape index (κ1) is 12.2. The number of hydrogen-bond acceptors (Lipinski definition) is 3. The molecule has 1 aromatic rings. The number of rotatable bonds is 7. The molecule has 1 unspecified atom stereocenters. The number of nitrogens with one attached hydrogen (secondary N) is 1. The maximum absolute atomic E-state index is 5.45. The van der Waals surface area contributed by atoms with Crippen LogP contribution in [0, 0.1) is 0 Å². The summed E-state index contributed by atoms with van der Waals surface area (Å²) in [7, 11) is 0. The van der Waals surface area contributed by atoms with Crippen LogP contribution in [0.5, 0.6) is 0 Å². The van der Waals surface area contributed by atoms with Crippen LogP contribution >= 0.6 is 0 Å². The number of ether oxygens (including phenoxy) is 1. The minimum Gasteiger partial charge on any atom is -0.380 e. The first-order valence-corrected chi connectivity index (χ1v) is 5.65. The zero-order chi connectivity index (χ0) is 11.1. The first-order chi connectivity index (χ1) is 7.31. The molecule has 0 amide bonds. The Morgan fingerprint density at radius 3 is 2.80 bits per heavy atom. The van der Waals surface area contributed by atoms with Crippen LogP contribution in [0.2, 0.25) is 0 Å². The van der Waals surface area contributed by atoms with Gasteiger partial charge in [-0.2, -0.15) is 5.10 Å². The van der Waals surface area contributed by atoms with Gasteiger partial charge in [0.1, 0.15) is 0 Å². The molecule has 1 rings (SSSR count). The first-order valence-electron chi connectivity index (χ1n) is 5.65. The Labute approximate surface area is 91.6 Å². The van der Waals surface area contributed by atoms with E-state index in [0.717, 1.165) is 19.7 Å². The van der Waals surface area contributed by atoms with E-state index < -0.39 is 0 Å². The van der Waals surface area contributed by atoms with Gasteiger partial charge in [-0.3, -0.25) is 4.68 Å². The molecule has 0 radical (unpaired) electrons. The van der Waals surface area contributed by atoms with Gasteiger partial charge in [0.15, 0.2) is 0 Å². The highest BCUT2D eigenvalue weighted by Gasteiger charge is 2.11. The zero-order valence-corrected chi connectivity index (χ0v) is 9.86. The Morgan fingerprint density at radius 2 is 2.27 bits per heavy atom. The molecule has 4 nitrogen and oxygen atoms in total. The largest absolute Gasteiger partial charge is 0.380 e. The Kier molecular flexibility index (Phi) is 5.36. The van der Waals surface area contributed by atoms with Gasteiger partial charge < -0.3 is 10.1 Å². The lowest BCUT2D eigenvalue weighted by Gasteiger charge is -2.15. The van der Waals surface area contributed by atoms with E-state index in [1.807, 2.05) is 17.8 Å². The van der Waals surface area contributed by atoms with Gasteiger partial charge >= 0.3 is 0 Å². The summed E-state index contributed by atoms with van der Waals surface area (Å²) in [6.07, 6.45) is 3.99. The van der Waals surface area contributed by atoms with Crippen LogP contribution in [0.4, 0.5) is 0 Å². The summed E-state index contributed by atoms with van der Waals surface area (Å²) in [5.74, 6) is 0. The van der Waals surface area contributed by atoms with Crippen LogP contribution in [0.25, 0.3) is 0 Å². The van der Waals surface area contributed by atoms with Gasteiger partial charge in [-0.15, -0.1) is 0 Å². The topological polar surface area (TPSA) is 39.1 Å². The van der Waals surface area contributed by atoms with Gasteiger partial charge in [0.05, 0.1) is 18.8 Å².